The number of imide groups is 1. The van der Waals surface area contributed by atoms with E-state index in [2.05, 4.69) is 0 Å². The third kappa shape index (κ3) is 3.39. The van der Waals surface area contributed by atoms with Gasteiger partial charge >= 0.3 is 5.97 Å². The number of furan rings is 1. The molecule has 4 aromatic rings. The zero-order valence-electron chi connectivity index (χ0n) is 16.8. The summed E-state index contributed by atoms with van der Waals surface area (Å²) >= 11 is 0. The fraction of sp³-hybridized carbons (Fsp3) is 0.0800. The van der Waals surface area contributed by atoms with Crippen LogP contribution in [0.3, 0.4) is 0 Å². The summed E-state index contributed by atoms with van der Waals surface area (Å²) < 4.78 is 16.9. The van der Waals surface area contributed by atoms with Crippen molar-refractivity contribution in [2.75, 3.05) is 6.73 Å². The molecule has 32 heavy (non-hydrogen) atoms. The van der Waals surface area contributed by atoms with Gasteiger partial charge in [-0.25, -0.2) is 9.69 Å². The monoisotopic (exact) mass is 427 g/mol. The van der Waals surface area contributed by atoms with Gasteiger partial charge in [0.25, 0.3) is 11.8 Å². The quantitative estimate of drug-likeness (QED) is 0.334. The Morgan fingerprint density at radius 1 is 0.812 bits per heavy atom. The van der Waals surface area contributed by atoms with Gasteiger partial charge in [-0.2, -0.15) is 0 Å². The molecule has 0 aliphatic carbocycles. The van der Waals surface area contributed by atoms with Crippen molar-refractivity contribution in [2.24, 2.45) is 0 Å². The first kappa shape index (κ1) is 19.6. The molecule has 1 aliphatic rings. The second-order valence-electron chi connectivity index (χ2n) is 7.15. The van der Waals surface area contributed by atoms with E-state index in [0.717, 1.165) is 10.3 Å². The summed E-state index contributed by atoms with van der Waals surface area (Å²) in [5, 5.41) is 0.719. The van der Waals surface area contributed by atoms with Gasteiger partial charge in [-0.15, -0.1) is 0 Å². The lowest BCUT2D eigenvalue weighted by Gasteiger charge is -2.13. The molecule has 0 atom stereocenters. The second kappa shape index (κ2) is 8.03. The molecule has 3 aromatic carbocycles. The number of carbonyl (C=O) groups excluding carboxylic acids is 3. The number of amides is 2. The third-order valence-corrected chi connectivity index (χ3v) is 5.21. The molecule has 2 amide bonds. The summed E-state index contributed by atoms with van der Waals surface area (Å²) in [6, 6.07) is 22.9. The number of hydrogen-bond donors (Lipinski definition) is 0. The van der Waals surface area contributed by atoms with Gasteiger partial charge < -0.3 is 13.9 Å². The topological polar surface area (TPSA) is 86.0 Å². The van der Waals surface area contributed by atoms with Crippen molar-refractivity contribution >= 4 is 28.8 Å². The van der Waals surface area contributed by atoms with E-state index >= 15 is 0 Å². The number of fused-ring (bicyclic) bond motifs is 2. The second-order valence-corrected chi connectivity index (χ2v) is 7.15. The first-order valence-electron chi connectivity index (χ1n) is 9.94. The fourth-order valence-corrected chi connectivity index (χ4v) is 3.62. The highest BCUT2D eigenvalue weighted by molar-refractivity contribution is 6.21. The number of para-hydroxylation sites is 2. The van der Waals surface area contributed by atoms with Gasteiger partial charge in [0.1, 0.15) is 17.9 Å². The van der Waals surface area contributed by atoms with Crippen LogP contribution in [0.25, 0.3) is 11.0 Å². The Morgan fingerprint density at radius 3 is 2.16 bits per heavy atom. The van der Waals surface area contributed by atoms with Crippen LogP contribution >= 0.6 is 0 Å². The van der Waals surface area contributed by atoms with Crippen molar-refractivity contribution in [1.82, 2.24) is 4.90 Å². The standard InChI is InChI=1S/C25H17NO6/c27-23-18-11-4-5-12-19(18)24(28)26(23)15-31-25(29)22-20(14-30-16-8-2-1-3-9-16)17-10-6-7-13-21(17)32-22/h1-13H,14-15H2. The molecule has 0 radical (unpaired) electrons. The molecule has 158 valence electrons. The summed E-state index contributed by atoms with van der Waals surface area (Å²) in [7, 11) is 0. The molecule has 0 bridgehead atoms. The van der Waals surface area contributed by atoms with Crippen LogP contribution in [-0.2, 0) is 11.3 Å². The Hall–Kier alpha value is -4.39. The molecule has 7 heteroatoms. The highest BCUT2D eigenvalue weighted by Gasteiger charge is 2.36. The summed E-state index contributed by atoms with van der Waals surface area (Å²) in [4.78, 5) is 38.8. The average Bonchev–Trinajstić information content (AvgIpc) is 3.32. The minimum absolute atomic E-state index is 0.0289. The normalized spacial score (nSPS) is 12.8. The maximum Gasteiger partial charge on any atom is 0.376 e. The molecule has 1 aliphatic heterocycles. The number of hydrogen-bond acceptors (Lipinski definition) is 6. The van der Waals surface area contributed by atoms with Gasteiger partial charge in [-0.1, -0.05) is 48.5 Å². The van der Waals surface area contributed by atoms with Crippen LogP contribution in [0.15, 0.2) is 83.3 Å². The van der Waals surface area contributed by atoms with Crippen LogP contribution in [0.1, 0.15) is 36.8 Å². The van der Waals surface area contributed by atoms with Crippen molar-refractivity contribution in [3.8, 4) is 5.75 Å². The molecule has 0 saturated heterocycles. The predicted molar refractivity (Wildman–Crippen MR) is 114 cm³/mol. The Balaban J connectivity index is 1.37. The highest BCUT2D eigenvalue weighted by atomic mass is 16.6. The van der Waals surface area contributed by atoms with E-state index in [1.807, 2.05) is 42.5 Å². The fourth-order valence-electron chi connectivity index (χ4n) is 3.62. The van der Waals surface area contributed by atoms with E-state index in [0.29, 0.717) is 16.9 Å². The van der Waals surface area contributed by atoms with E-state index < -0.39 is 24.5 Å². The summed E-state index contributed by atoms with van der Waals surface area (Å²) in [6.45, 7) is -0.431. The highest BCUT2D eigenvalue weighted by Crippen LogP contribution is 2.28. The van der Waals surface area contributed by atoms with Gasteiger partial charge in [-0.3, -0.25) is 9.59 Å². The van der Waals surface area contributed by atoms with Gasteiger partial charge in [0.15, 0.2) is 6.73 Å². The Morgan fingerprint density at radius 2 is 1.44 bits per heavy atom. The Kier molecular flexibility index (Phi) is 4.91. The maximum atomic E-state index is 12.9. The van der Waals surface area contributed by atoms with E-state index in [-0.39, 0.29) is 23.5 Å². The van der Waals surface area contributed by atoms with Gasteiger partial charge in [0, 0.05) is 5.39 Å². The number of ether oxygens (including phenoxy) is 2. The minimum atomic E-state index is -0.788. The van der Waals surface area contributed by atoms with Crippen LogP contribution in [0.2, 0.25) is 0 Å². The van der Waals surface area contributed by atoms with E-state index in [1.54, 1.807) is 36.4 Å². The molecule has 0 unspecified atom stereocenters. The molecular formula is C25H17NO6. The SMILES string of the molecule is O=C(OCN1C(=O)c2ccccc2C1=O)c1oc2ccccc2c1COc1ccccc1. The third-order valence-electron chi connectivity index (χ3n) is 5.21. The zero-order valence-corrected chi connectivity index (χ0v) is 16.8. The molecule has 2 heterocycles. The zero-order chi connectivity index (χ0) is 22.1. The molecule has 0 fully saturated rings. The maximum absolute atomic E-state index is 12.9. The Bertz CT molecular complexity index is 1310. The summed E-state index contributed by atoms with van der Waals surface area (Å²) in [6.07, 6.45) is 0. The number of rotatable bonds is 6. The molecular weight excluding hydrogens is 410 g/mol. The lowest BCUT2D eigenvalue weighted by atomic mass is 10.1. The molecule has 7 nitrogen and oxygen atoms in total. The van der Waals surface area contributed by atoms with Crippen molar-refractivity contribution in [3.05, 3.63) is 101 Å². The average molecular weight is 427 g/mol. The first-order chi connectivity index (χ1) is 15.6. The van der Waals surface area contributed by atoms with Gasteiger partial charge in [-0.05, 0) is 30.3 Å². The van der Waals surface area contributed by atoms with Gasteiger partial charge in [0.2, 0.25) is 5.76 Å². The van der Waals surface area contributed by atoms with E-state index in [1.165, 1.54) is 0 Å². The molecule has 1 aromatic heterocycles. The lowest BCUT2D eigenvalue weighted by Crippen LogP contribution is -2.33. The smallest absolute Gasteiger partial charge is 0.376 e. The van der Waals surface area contributed by atoms with Crippen LogP contribution < -0.4 is 4.74 Å². The molecule has 0 spiro atoms. The Labute approximate surface area is 182 Å². The van der Waals surface area contributed by atoms with Crippen molar-refractivity contribution in [1.29, 1.82) is 0 Å². The number of esters is 1. The largest absolute Gasteiger partial charge is 0.489 e. The molecule has 0 N–H and O–H groups in total. The lowest BCUT2D eigenvalue weighted by molar-refractivity contribution is 0.0203. The number of nitrogens with zero attached hydrogens (tertiary/aromatic N) is 1. The predicted octanol–water partition coefficient (Wildman–Crippen LogP) is 4.42. The van der Waals surface area contributed by atoms with Crippen LogP contribution in [0, 0.1) is 0 Å². The summed E-state index contributed by atoms with van der Waals surface area (Å²) in [5.41, 5.74) is 1.60. The van der Waals surface area contributed by atoms with Crippen molar-refractivity contribution < 1.29 is 28.3 Å². The number of carbonyl (C=O) groups is 3. The van der Waals surface area contributed by atoms with E-state index in [4.69, 9.17) is 13.9 Å². The summed E-state index contributed by atoms with van der Waals surface area (Å²) in [5.74, 6) is -1.18. The van der Waals surface area contributed by atoms with Crippen LogP contribution in [0.5, 0.6) is 5.75 Å². The van der Waals surface area contributed by atoms with Crippen LogP contribution in [-0.4, -0.2) is 29.4 Å². The first-order valence-corrected chi connectivity index (χ1v) is 9.94. The number of benzene rings is 3. The van der Waals surface area contributed by atoms with Crippen molar-refractivity contribution in [3.63, 3.8) is 0 Å². The molecule has 0 saturated carbocycles. The van der Waals surface area contributed by atoms with Crippen LogP contribution in [0.4, 0.5) is 0 Å². The van der Waals surface area contributed by atoms with Gasteiger partial charge in [0.05, 0.1) is 16.7 Å². The van der Waals surface area contributed by atoms with Crippen molar-refractivity contribution in [2.45, 2.75) is 6.61 Å². The molecule has 5 rings (SSSR count). The van der Waals surface area contributed by atoms with E-state index in [9.17, 15) is 14.4 Å². The minimum Gasteiger partial charge on any atom is -0.489 e.